The van der Waals surface area contributed by atoms with Crippen molar-refractivity contribution < 1.29 is 0 Å². The van der Waals surface area contributed by atoms with Gasteiger partial charge in [0, 0.05) is 22.3 Å². The molecule has 3 rings (SSSR count). The molecule has 0 saturated heterocycles. The van der Waals surface area contributed by atoms with Crippen molar-refractivity contribution in [3.63, 3.8) is 0 Å². The lowest BCUT2D eigenvalue weighted by Gasteiger charge is -2.16. The Balaban J connectivity index is 1.57. The fraction of sp³-hybridized carbons (Fsp3) is 0.714. The molecule has 2 aliphatic rings. The minimum absolute atomic E-state index is 0.836. The SMILES string of the molecule is Cc1cc(CNC(C2CC2)C2CC2)sc1C. The van der Waals surface area contributed by atoms with Crippen LogP contribution in [0.15, 0.2) is 6.07 Å². The highest BCUT2D eigenvalue weighted by Crippen LogP contribution is 2.44. The predicted molar refractivity (Wildman–Crippen MR) is 69.9 cm³/mol. The van der Waals surface area contributed by atoms with E-state index >= 15 is 0 Å². The maximum Gasteiger partial charge on any atom is 0.0302 e. The molecule has 1 aromatic heterocycles. The zero-order valence-electron chi connectivity index (χ0n) is 10.3. The molecule has 0 spiro atoms. The van der Waals surface area contributed by atoms with Gasteiger partial charge in [-0.1, -0.05) is 0 Å². The minimum Gasteiger partial charge on any atom is -0.309 e. The molecule has 0 aromatic carbocycles. The largest absolute Gasteiger partial charge is 0.309 e. The Hall–Kier alpha value is -0.340. The number of hydrogen-bond donors (Lipinski definition) is 1. The van der Waals surface area contributed by atoms with Crippen molar-refractivity contribution in [2.24, 2.45) is 11.8 Å². The minimum atomic E-state index is 0.836. The third-order valence-electron chi connectivity index (χ3n) is 3.99. The molecule has 2 aliphatic carbocycles. The monoisotopic (exact) mass is 235 g/mol. The summed E-state index contributed by atoms with van der Waals surface area (Å²) in [6, 6.07) is 3.19. The van der Waals surface area contributed by atoms with Crippen LogP contribution in [-0.2, 0) is 6.54 Å². The first-order valence-corrected chi connectivity index (χ1v) is 7.35. The van der Waals surface area contributed by atoms with Gasteiger partial charge in [0.1, 0.15) is 0 Å². The molecular formula is C14H21NS. The second kappa shape index (κ2) is 4.15. The standard InChI is InChI=1S/C14H21NS/c1-9-7-13(16-10(9)2)8-15-14(11-3-4-11)12-5-6-12/h7,11-12,14-15H,3-6,8H2,1-2H3. The highest BCUT2D eigenvalue weighted by Gasteiger charge is 2.40. The Kier molecular flexibility index (Phi) is 2.80. The summed E-state index contributed by atoms with van der Waals surface area (Å²) in [4.78, 5) is 2.99. The molecular weight excluding hydrogens is 214 g/mol. The van der Waals surface area contributed by atoms with Gasteiger partial charge in [0.2, 0.25) is 0 Å². The van der Waals surface area contributed by atoms with E-state index in [9.17, 15) is 0 Å². The van der Waals surface area contributed by atoms with E-state index in [0.717, 1.165) is 24.4 Å². The Bertz CT molecular complexity index is 343. The first-order chi connectivity index (χ1) is 7.74. The first kappa shape index (κ1) is 10.8. The molecule has 0 bridgehead atoms. The van der Waals surface area contributed by atoms with Gasteiger partial charge in [-0.25, -0.2) is 0 Å². The maximum absolute atomic E-state index is 3.81. The van der Waals surface area contributed by atoms with Crippen molar-refractivity contribution >= 4 is 11.3 Å². The normalized spacial score (nSPS) is 20.7. The molecule has 1 nitrogen and oxygen atoms in total. The van der Waals surface area contributed by atoms with E-state index in [4.69, 9.17) is 0 Å². The zero-order chi connectivity index (χ0) is 11.1. The summed E-state index contributed by atoms with van der Waals surface area (Å²) >= 11 is 1.96. The molecule has 1 aromatic rings. The van der Waals surface area contributed by atoms with Gasteiger partial charge in [-0.05, 0) is 63.0 Å². The molecule has 2 fully saturated rings. The molecule has 0 amide bonds. The predicted octanol–water partition coefficient (Wildman–Crippen LogP) is 3.64. The van der Waals surface area contributed by atoms with E-state index in [1.807, 2.05) is 11.3 Å². The molecule has 2 saturated carbocycles. The van der Waals surface area contributed by atoms with Gasteiger partial charge >= 0.3 is 0 Å². The lowest BCUT2D eigenvalue weighted by molar-refractivity contribution is 0.417. The van der Waals surface area contributed by atoms with Crippen molar-refractivity contribution in [3.8, 4) is 0 Å². The van der Waals surface area contributed by atoms with Gasteiger partial charge in [-0.15, -0.1) is 11.3 Å². The van der Waals surface area contributed by atoms with Crippen LogP contribution in [-0.4, -0.2) is 6.04 Å². The highest BCUT2D eigenvalue weighted by atomic mass is 32.1. The molecule has 1 heterocycles. The summed E-state index contributed by atoms with van der Waals surface area (Å²) in [5, 5.41) is 3.81. The fourth-order valence-electron chi connectivity index (χ4n) is 2.58. The van der Waals surface area contributed by atoms with Gasteiger partial charge in [-0.2, -0.15) is 0 Å². The summed E-state index contributed by atoms with van der Waals surface area (Å²) in [6.07, 6.45) is 5.88. The van der Waals surface area contributed by atoms with E-state index < -0.39 is 0 Å². The van der Waals surface area contributed by atoms with Crippen molar-refractivity contribution in [1.82, 2.24) is 5.32 Å². The fourth-order valence-corrected chi connectivity index (χ4v) is 3.59. The summed E-state index contributed by atoms with van der Waals surface area (Å²) in [5.74, 6) is 2.02. The number of thiophene rings is 1. The zero-order valence-corrected chi connectivity index (χ0v) is 11.1. The van der Waals surface area contributed by atoms with Crippen molar-refractivity contribution in [3.05, 3.63) is 21.4 Å². The summed E-state index contributed by atoms with van der Waals surface area (Å²) < 4.78 is 0. The smallest absolute Gasteiger partial charge is 0.0302 e. The van der Waals surface area contributed by atoms with Gasteiger partial charge in [0.05, 0.1) is 0 Å². The van der Waals surface area contributed by atoms with E-state index in [1.54, 1.807) is 0 Å². The van der Waals surface area contributed by atoms with Crippen LogP contribution in [0.25, 0.3) is 0 Å². The first-order valence-electron chi connectivity index (χ1n) is 6.53. The quantitative estimate of drug-likeness (QED) is 0.821. The van der Waals surface area contributed by atoms with Gasteiger partial charge < -0.3 is 5.32 Å². The molecule has 88 valence electrons. The van der Waals surface area contributed by atoms with Crippen LogP contribution in [0.3, 0.4) is 0 Å². The Morgan fingerprint density at radius 3 is 2.31 bits per heavy atom. The van der Waals surface area contributed by atoms with Gasteiger partial charge in [0.25, 0.3) is 0 Å². The Morgan fingerprint density at radius 1 is 1.25 bits per heavy atom. The Labute approximate surface area is 102 Å². The second-order valence-electron chi connectivity index (χ2n) is 5.53. The molecule has 0 unspecified atom stereocenters. The van der Waals surface area contributed by atoms with E-state index in [1.165, 1.54) is 41.0 Å². The second-order valence-corrected chi connectivity index (χ2v) is 6.87. The molecule has 0 atom stereocenters. The average molecular weight is 235 g/mol. The van der Waals surface area contributed by atoms with Crippen LogP contribution in [0.1, 0.15) is 41.0 Å². The van der Waals surface area contributed by atoms with Crippen molar-refractivity contribution in [2.75, 3.05) is 0 Å². The number of aryl methyl sites for hydroxylation is 2. The van der Waals surface area contributed by atoms with Crippen molar-refractivity contribution in [1.29, 1.82) is 0 Å². The van der Waals surface area contributed by atoms with Gasteiger partial charge in [0.15, 0.2) is 0 Å². The molecule has 0 radical (unpaired) electrons. The number of rotatable bonds is 5. The highest BCUT2D eigenvalue weighted by molar-refractivity contribution is 7.12. The van der Waals surface area contributed by atoms with Crippen LogP contribution >= 0.6 is 11.3 Å². The van der Waals surface area contributed by atoms with E-state index in [-0.39, 0.29) is 0 Å². The number of nitrogens with one attached hydrogen (secondary N) is 1. The number of hydrogen-bond acceptors (Lipinski definition) is 2. The summed E-state index contributed by atoms with van der Waals surface area (Å²) in [5.41, 5.74) is 1.45. The topological polar surface area (TPSA) is 12.0 Å². The lowest BCUT2D eigenvalue weighted by atomic mass is 10.1. The van der Waals surface area contributed by atoms with Crippen LogP contribution in [0.5, 0.6) is 0 Å². The van der Waals surface area contributed by atoms with E-state index in [0.29, 0.717) is 0 Å². The molecule has 1 N–H and O–H groups in total. The van der Waals surface area contributed by atoms with Crippen LogP contribution in [0.2, 0.25) is 0 Å². The maximum atomic E-state index is 3.81. The third-order valence-corrected chi connectivity index (χ3v) is 5.14. The van der Waals surface area contributed by atoms with Crippen LogP contribution < -0.4 is 5.32 Å². The molecule has 0 aliphatic heterocycles. The summed E-state index contributed by atoms with van der Waals surface area (Å²) in [6.45, 7) is 5.54. The van der Waals surface area contributed by atoms with Crippen LogP contribution in [0.4, 0.5) is 0 Å². The molecule has 16 heavy (non-hydrogen) atoms. The van der Waals surface area contributed by atoms with Crippen LogP contribution in [0, 0.1) is 25.7 Å². The van der Waals surface area contributed by atoms with E-state index in [2.05, 4.69) is 25.2 Å². The lowest BCUT2D eigenvalue weighted by Crippen LogP contribution is -2.32. The average Bonchev–Trinajstić information content (AvgIpc) is 3.12. The van der Waals surface area contributed by atoms with Crippen molar-refractivity contribution in [2.45, 2.75) is 52.1 Å². The summed E-state index contributed by atoms with van der Waals surface area (Å²) in [7, 11) is 0. The van der Waals surface area contributed by atoms with Gasteiger partial charge in [-0.3, -0.25) is 0 Å². The Morgan fingerprint density at radius 2 is 1.88 bits per heavy atom. The third kappa shape index (κ3) is 2.33. The molecule has 2 heteroatoms.